The summed E-state index contributed by atoms with van der Waals surface area (Å²) in [5.41, 5.74) is 2.27. The summed E-state index contributed by atoms with van der Waals surface area (Å²) in [5.74, 6) is 1.59. The molecule has 0 spiro atoms. The molecule has 1 aliphatic carbocycles. The van der Waals surface area contributed by atoms with Crippen LogP contribution >= 0.6 is 15.9 Å². The minimum Gasteiger partial charge on any atom is -0.369 e. The van der Waals surface area contributed by atoms with E-state index in [2.05, 4.69) is 72.7 Å². The van der Waals surface area contributed by atoms with Crippen LogP contribution in [0, 0.1) is 0 Å². The second kappa shape index (κ2) is 8.44. The Hall–Kier alpha value is -1.86. The van der Waals surface area contributed by atoms with Crippen molar-refractivity contribution in [1.29, 1.82) is 0 Å². The molecule has 2 aliphatic rings. The Bertz CT molecular complexity index is 754. The van der Waals surface area contributed by atoms with Crippen molar-refractivity contribution in [2.24, 2.45) is 0 Å². The monoisotopic (exact) mass is 430 g/mol. The van der Waals surface area contributed by atoms with Gasteiger partial charge in [-0.25, -0.2) is 4.98 Å². The first-order valence-electron chi connectivity index (χ1n) is 9.79. The lowest BCUT2D eigenvalue weighted by atomic mass is 10.2. The maximum atomic E-state index is 4.76. The summed E-state index contributed by atoms with van der Waals surface area (Å²) in [7, 11) is 2.13. The van der Waals surface area contributed by atoms with E-state index < -0.39 is 0 Å². The first kappa shape index (κ1) is 18.5. The molecular formula is C20H27BrN6. The Kier molecular flexibility index (Phi) is 5.78. The van der Waals surface area contributed by atoms with Crippen LogP contribution in [0.3, 0.4) is 0 Å². The van der Waals surface area contributed by atoms with Crippen molar-refractivity contribution in [2.45, 2.75) is 31.7 Å². The van der Waals surface area contributed by atoms with Crippen molar-refractivity contribution in [1.82, 2.24) is 15.3 Å². The van der Waals surface area contributed by atoms with E-state index >= 15 is 0 Å². The van der Waals surface area contributed by atoms with Crippen molar-refractivity contribution in [2.75, 3.05) is 48.3 Å². The Morgan fingerprint density at radius 3 is 2.56 bits per heavy atom. The van der Waals surface area contributed by atoms with Gasteiger partial charge in [-0.3, -0.25) is 0 Å². The largest absolute Gasteiger partial charge is 0.369 e. The van der Waals surface area contributed by atoms with Crippen molar-refractivity contribution >= 4 is 39.1 Å². The van der Waals surface area contributed by atoms with Gasteiger partial charge in [0.05, 0.1) is 4.47 Å². The van der Waals surface area contributed by atoms with Gasteiger partial charge in [-0.2, -0.15) is 4.98 Å². The van der Waals surface area contributed by atoms with Crippen LogP contribution in [0.25, 0.3) is 0 Å². The summed E-state index contributed by atoms with van der Waals surface area (Å²) in [6.45, 7) is 4.20. The van der Waals surface area contributed by atoms with Gasteiger partial charge in [-0.05, 0) is 53.0 Å². The first-order chi connectivity index (χ1) is 13.2. The highest BCUT2D eigenvalue weighted by Gasteiger charge is 2.22. The minimum atomic E-state index is 0.572. The van der Waals surface area contributed by atoms with Crippen LogP contribution in [-0.2, 0) is 0 Å². The molecule has 144 valence electrons. The normalized spacial score (nSPS) is 17.9. The molecule has 0 radical (unpaired) electrons. The van der Waals surface area contributed by atoms with E-state index in [-0.39, 0.29) is 0 Å². The molecule has 2 fully saturated rings. The Morgan fingerprint density at radius 2 is 1.85 bits per heavy atom. The number of halogens is 1. The molecule has 1 aromatic carbocycles. The molecule has 6 nitrogen and oxygen atoms in total. The van der Waals surface area contributed by atoms with Gasteiger partial charge in [0.1, 0.15) is 5.82 Å². The number of rotatable bonds is 5. The lowest BCUT2D eigenvalue weighted by molar-refractivity contribution is 0.589. The number of nitrogens with zero attached hydrogens (tertiary/aromatic N) is 4. The molecule has 1 aliphatic heterocycles. The summed E-state index contributed by atoms with van der Waals surface area (Å²) in [5, 5.41) is 6.74. The van der Waals surface area contributed by atoms with E-state index in [0.717, 1.165) is 42.2 Å². The molecule has 1 aromatic heterocycles. The molecule has 0 bridgehead atoms. The van der Waals surface area contributed by atoms with Crippen LogP contribution in [0.1, 0.15) is 25.7 Å². The Morgan fingerprint density at radius 1 is 1.15 bits per heavy atom. The van der Waals surface area contributed by atoms with E-state index in [0.29, 0.717) is 12.0 Å². The molecule has 0 atom stereocenters. The van der Waals surface area contributed by atoms with Crippen LogP contribution in [-0.4, -0.2) is 49.2 Å². The molecule has 2 heterocycles. The summed E-state index contributed by atoms with van der Waals surface area (Å²) < 4.78 is 0.941. The zero-order chi connectivity index (χ0) is 18.6. The Balaban J connectivity index is 1.46. The van der Waals surface area contributed by atoms with Crippen LogP contribution < -0.4 is 20.4 Å². The molecule has 7 heteroatoms. The van der Waals surface area contributed by atoms with Crippen LogP contribution in [0.5, 0.6) is 0 Å². The highest BCUT2D eigenvalue weighted by Crippen LogP contribution is 2.31. The fourth-order valence-corrected chi connectivity index (χ4v) is 4.41. The van der Waals surface area contributed by atoms with Gasteiger partial charge in [0, 0.05) is 56.8 Å². The minimum absolute atomic E-state index is 0.572. The number of nitrogens with one attached hydrogen (secondary N) is 2. The topological polar surface area (TPSA) is 56.3 Å². The zero-order valence-electron chi connectivity index (χ0n) is 15.8. The van der Waals surface area contributed by atoms with E-state index in [1.165, 1.54) is 31.4 Å². The Labute approximate surface area is 169 Å². The van der Waals surface area contributed by atoms with Crippen LogP contribution in [0.2, 0.25) is 0 Å². The number of hydrogen-bond acceptors (Lipinski definition) is 6. The SMILES string of the molecule is CN(c1nc(Nc2ccc(N3CCNCC3)cc2)ncc1Br)C1CCCC1. The van der Waals surface area contributed by atoms with E-state index in [1.54, 1.807) is 0 Å². The molecule has 1 saturated carbocycles. The van der Waals surface area contributed by atoms with Crippen molar-refractivity contribution in [3.05, 3.63) is 34.9 Å². The second-order valence-electron chi connectivity index (χ2n) is 7.32. The van der Waals surface area contributed by atoms with E-state index in [9.17, 15) is 0 Å². The highest BCUT2D eigenvalue weighted by molar-refractivity contribution is 9.10. The summed E-state index contributed by atoms with van der Waals surface area (Å²) in [4.78, 5) is 13.9. The second-order valence-corrected chi connectivity index (χ2v) is 8.18. The summed E-state index contributed by atoms with van der Waals surface area (Å²) in [6.07, 6.45) is 6.93. The fraction of sp³-hybridized carbons (Fsp3) is 0.500. The van der Waals surface area contributed by atoms with Gasteiger partial charge in [0.15, 0.2) is 0 Å². The molecule has 0 unspecified atom stereocenters. The maximum Gasteiger partial charge on any atom is 0.229 e. The zero-order valence-corrected chi connectivity index (χ0v) is 17.4. The molecule has 4 rings (SSSR count). The molecule has 2 N–H and O–H groups in total. The quantitative estimate of drug-likeness (QED) is 0.752. The van der Waals surface area contributed by atoms with Gasteiger partial charge in [0.25, 0.3) is 0 Å². The van der Waals surface area contributed by atoms with Crippen LogP contribution in [0.4, 0.5) is 23.1 Å². The first-order valence-corrected chi connectivity index (χ1v) is 10.6. The van der Waals surface area contributed by atoms with Crippen molar-refractivity contribution in [3.8, 4) is 0 Å². The number of piperazine rings is 1. The lowest BCUT2D eigenvalue weighted by Gasteiger charge is -2.29. The number of benzene rings is 1. The predicted molar refractivity (Wildman–Crippen MR) is 115 cm³/mol. The molecule has 0 amide bonds. The van der Waals surface area contributed by atoms with Gasteiger partial charge in [0.2, 0.25) is 5.95 Å². The summed E-state index contributed by atoms with van der Waals surface area (Å²) >= 11 is 3.61. The van der Waals surface area contributed by atoms with Gasteiger partial charge in [-0.1, -0.05) is 12.8 Å². The number of aromatic nitrogens is 2. The maximum absolute atomic E-state index is 4.76. The van der Waals surface area contributed by atoms with Crippen LogP contribution in [0.15, 0.2) is 34.9 Å². The molecule has 2 aromatic rings. The summed E-state index contributed by atoms with van der Waals surface area (Å²) in [6, 6.07) is 9.10. The number of anilines is 4. The average molecular weight is 431 g/mol. The van der Waals surface area contributed by atoms with Crippen molar-refractivity contribution in [3.63, 3.8) is 0 Å². The van der Waals surface area contributed by atoms with Gasteiger partial charge >= 0.3 is 0 Å². The average Bonchev–Trinajstić information content (AvgIpc) is 3.25. The van der Waals surface area contributed by atoms with E-state index in [4.69, 9.17) is 4.98 Å². The van der Waals surface area contributed by atoms with Gasteiger partial charge in [-0.15, -0.1) is 0 Å². The molecular weight excluding hydrogens is 404 g/mol. The lowest BCUT2D eigenvalue weighted by Crippen LogP contribution is -2.43. The highest BCUT2D eigenvalue weighted by atomic mass is 79.9. The van der Waals surface area contributed by atoms with E-state index in [1.807, 2.05) is 6.20 Å². The predicted octanol–water partition coefficient (Wildman–Crippen LogP) is 3.77. The molecule has 27 heavy (non-hydrogen) atoms. The third kappa shape index (κ3) is 4.35. The fourth-order valence-electron chi connectivity index (χ4n) is 3.94. The third-order valence-electron chi connectivity index (χ3n) is 5.54. The standard InChI is InChI=1S/C20H27BrN6/c1-26(16-4-2-3-5-16)19-18(21)14-23-20(25-19)24-15-6-8-17(9-7-15)27-12-10-22-11-13-27/h6-9,14,16,22H,2-5,10-13H2,1H3,(H,23,24,25). The number of hydrogen-bond donors (Lipinski definition) is 2. The third-order valence-corrected chi connectivity index (χ3v) is 6.10. The van der Waals surface area contributed by atoms with Crippen molar-refractivity contribution < 1.29 is 0 Å². The smallest absolute Gasteiger partial charge is 0.229 e. The molecule has 1 saturated heterocycles. The van der Waals surface area contributed by atoms with Gasteiger partial charge < -0.3 is 20.4 Å².